The first-order valence-corrected chi connectivity index (χ1v) is 11.1. The van der Waals surface area contributed by atoms with Crippen LogP contribution in [0.2, 0.25) is 0 Å². The van der Waals surface area contributed by atoms with Gasteiger partial charge in [0.05, 0.1) is 18.8 Å². The van der Waals surface area contributed by atoms with Gasteiger partial charge in [0.2, 0.25) is 6.41 Å². The molecule has 206 valence electrons. The standard InChI is InChI=1S/C25H25F6N3O4/c1-16(33-22(37)23(2,26)21(36)32-14-24(27,28)25(29,30)31)17-8-4-5-9-18(17)19-10-6-7-11-20(19)34(15-35)12-13-38-3/h4-11,15H,12-14H2,1-3H3,(H,32,36)/t23-/m0/s1. The van der Waals surface area contributed by atoms with E-state index >= 15 is 0 Å². The molecule has 0 aliphatic rings. The van der Waals surface area contributed by atoms with Gasteiger partial charge in [-0.2, -0.15) is 22.0 Å². The molecule has 0 radical (unpaired) electrons. The molecule has 38 heavy (non-hydrogen) atoms. The number of benzene rings is 2. The van der Waals surface area contributed by atoms with Crippen LogP contribution in [0, 0.1) is 0 Å². The highest BCUT2D eigenvalue weighted by atomic mass is 19.4. The number of anilines is 1. The molecular formula is C25H25F6N3O4. The summed E-state index contributed by atoms with van der Waals surface area (Å²) in [6.45, 7) is -0.0381. The van der Waals surface area contributed by atoms with E-state index in [2.05, 4.69) is 4.99 Å². The Labute approximate surface area is 214 Å². The Balaban J connectivity index is 2.39. The molecule has 0 heterocycles. The molecular weight excluding hydrogens is 520 g/mol. The van der Waals surface area contributed by atoms with Crippen LogP contribution in [-0.4, -0.2) is 68.5 Å². The van der Waals surface area contributed by atoms with Crippen LogP contribution in [0.4, 0.5) is 32.0 Å². The molecule has 0 aliphatic carbocycles. The molecule has 0 saturated heterocycles. The minimum Gasteiger partial charge on any atom is -0.383 e. The lowest BCUT2D eigenvalue weighted by molar-refractivity contribution is -0.278. The maximum Gasteiger partial charge on any atom is 0.455 e. The molecule has 1 atom stereocenters. The van der Waals surface area contributed by atoms with Crippen molar-refractivity contribution in [3.8, 4) is 11.1 Å². The van der Waals surface area contributed by atoms with Gasteiger partial charge in [-0.25, -0.2) is 9.38 Å². The molecule has 13 heteroatoms. The quantitative estimate of drug-likeness (QED) is 0.197. The molecule has 2 aromatic carbocycles. The summed E-state index contributed by atoms with van der Waals surface area (Å²) in [6.07, 6.45) is -5.37. The summed E-state index contributed by atoms with van der Waals surface area (Å²) < 4.78 is 83.1. The zero-order chi connectivity index (χ0) is 28.7. The zero-order valence-corrected chi connectivity index (χ0v) is 20.6. The van der Waals surface area contributed by atoms with Crippen LogP contribution in [0.5, 0.6) is 0 Å². The molecule has 2 rings (SSSR count). The summed E-state index contributed by atoms with van der Waals surface area (Å²) in [4.78, 5) is 41.2. The lowest BCUT2D eigenvalue weighted by atomic mass is 9.95. The minimum absolute atomic E-state index is 0.0766. The van der Waals surface area contributed by atoms with E-state index in [1.54, 1.807) is 42.5 Å². The van der Waals surface area contributed by atoms with Crippen LogP contribution in [0.3, 0.4) is 0 Å². The number of nitrogens with one attached hydrogen (secondary N) is 1. The second-order valence-corrected chi connectivity index (χ2v) is 8.24. The highest BCUT2D eigenvalue weighted by Crippen LogP contribution is 2.35. The van der Waals surface area contributed by atoms with Gasteiger partial charge in [-0.15, -0.1) is 0 Å². The number of hydrogen-bond donors (Lipinski definition) is 1. The van der Waals surface area contributed by atoms with Crippen LogP contribution in [0.25, 0.3) is 11.1 Å². The summed E-state index contributed by atoms with van der Waals surface area (Å²) in [5, 5.41) is 1.12. The first-order valence-electron chi connectivity index (χ1n) is 11.1. The number of para-hydroxylation sites is 1. The maximum absolute atomic E-state index is 14.9. The number of rotatable bonds is 11. The van der Waals surface area contributed by atoms with Gasteiger partial charge < -0.3 is 15.0 Å². The molecule has 0 aromatic heterocycles. The highest BCUT2D eigenvalue weighted by Gasteiger charge is 2.58. The number of amides is 3. The fourth-order valence-electron chi connectivity index (χ4n) is 3.28. The molecule has 3 amide bonds. The molecule has 0 spiro atoms. The van der Waals surface area contributed by atoms with Gasteiger partial charge in [0.15, 0.2) is 0 Å². The minimum atomic E-state index is -5.98. The molecule has 0 aliphatic heterocycles. The van der Waals surface area contributed by atoms with Gasteiger partial charge in [-0.1, -0.05) is 42.5 Å². The van der Waals surface area contributed by atoms with Crippen molar-refractivity contribution in [1.82, 2.24) is 5.32 Å². The van der Waals surface area contributed by atoms with E-state index in [1.807, 2.05) is 0 Å². The first-order chi connectivity index (χ1) is 17.7. The SMILES string of the molecule is COCCN(C=O)c1ccccc1-c1ccccc1C(C)=NC(=O)[C@@](C)(F)C(=O)NCC(F)(F)C(F)(F)F. The number of ether oxygens (including phenoxy) is 1. The summed E-state index contributed by atoms with van der Waals surface area (Å²) >= 11 is 0. The maximum atomic E-state index is 14.9. The van der Waals surface area contributed by atoms with Crippen molar-refractivity contribution in [3.05, 3.63) is 54.1 Å². The lowest BCUT2D eigenvalue weighted by Crippen LogP contribution is -2.53. The van der Waals surface area contributed by atoms with Gasteiger partial charge in [0.1, 0.15) is 0 Å². The lowest BCUT2D eigenvalue weighted by Gasteiger charge is -2.23. The van der Waals surface area contributed by atoms with Gasteiger partial charge >= 0.3 is 12.1 Å². The van der Waals surface area contributed by atoms with Crippen molar-refractivity contribution in [2.24, 2.45) is 4.99 Å². The Bertz CT molecular complexity index is 1200. The van der Waals surface area contributed by atoms with E-state index in [0.29, 0.717) is 35.7 Å². The monoisotopic (exact) mass is 545 g/mol. The Morgan fingerprint density at radius 2 is 1.58 bits per heavy atom. The summed E-state index contributed by atoms with van der Waals surface area (Å²) in [5.41, 5.74) is -1.78. The number of methoxy groups -OCH3 is 1. The molecule has 0 bridgehead atoms. The first kappa shape index (κ1) is 30.5. The van der Waals surface area contributed by atoms with E-state index in [4.69, 9.17) is 4.74 Å². The van der Waals surface area contributed by atoms with Crippen molar-refractivity contribution in [2.75, 3.05) is 31.7 Å². The topological polar surface area (TPSA) is 88.1 Å². The average Bonchev–Trinajstić information content (AvgIpc) is 2.87. The van der Waals surface area contributed by atoms with Crippen molar-refractivity contribution >= 4 is 29.6 Å². The van der Waals surface area contributed by atoms with Crippen LogP contribution in [0.15, 0.2) is 53.5 Å². The third-order valence-corrected chi connectivity index (χ3v) is 5.47. The number of carbonyl (C=O) groups is 3. The molecule has 0 fully saturated rings. The predicted octanol–water partition coefficient (Wildman–Crippen LogP) is 4.34. The van der Waals surface area contributed by atoms with E-state index in [-0.39, 0.29) is 18.9 Å². The molecule has 0 saturated carbocycles. The van der Waals surface area contributed by atoms with Gasteiger partial charge in [-0.05, 0) is 25.5 Å². The van der Waals surface area contributed by atoms with E-state index < -0.39 is 36.1 Å². The predicted molar refractivity (Wildman–Crippen MR) is 128 cm³/mol. The Morgan fingerprint density at radius 1 is 1.00 bits per heavy atom. The third kappa shape index (κ3) is 6.97. The average molecular weight is 545 g/mol. The second kappa shape index (κ2) is 12.2. The van der Waals surface area contributed by atoms with E-state index in [0.717, 1.165) is 5.32 Å². The van der Waals surface area contributed by atoms with Gasteiger partial charge in [-0.3, -0.25) is 14.4 Å². The Morgan fingerprint density at radius 3 is 2.16 bits per heavy atom. The van der Waals surface area contributed by atoms with Gasteiger partial charge in [0.25, 0.3) is 17.5 Å². The summed E-state index contributed by atoms with van der Waals surface area (Å²) in [7, 11) is 1.47. The number of halogens is 6. The van der Waals surface area contributed by atoms with E-state index in [1.165, 1.54) is 25.0 Å². The number of carbonyl (C=O) groups excluding carboxylic acids is 3. The van der Waals surface area contributed by atoms with Crippen LogP contribution < -0.4 is 10.2 Å². The molecule has 2 aromatic rings. The Kier molecular flexibility index (Phi) is 9.79. The largest absolute Gasteiger partial charge is 0.455 e. The summed E-state index contributed by atoms with van der Waals surface area (Å²) in [5.74, 6) is -9.03. The van der Waals surface area contributed by atoms with Crippen molar-refractivity contribution in [1.29, 1.82) is 0 Å². The number of alkyl halides is 6. The second-order valence-electron chi connectivity index (χ2n) is 8.24. The smallest absolute Gasteiger partial charge is 0.383 e. The van der Waals surface area contributed by atoms with Crippen LogP contribution in [0.1, 0.15) is 19.4 Å². The zero-order valence-electron chi connectivity index (χ0n) is 20.6. The molecule has 0 unspecified atom stereocenters. The van der Waals surface area contributed by atoms with Crippen LogP contribution >= 0.6 is 0 Å². The number of aliphatic imine (C=N–C) groups is 1. The fourth-order valence-corrected chi connectivity index (χ4v) is 3.28. The van der Waals surface area contributed by atoms with Crippen LogP contribution in [-0.2, 0) is 19.1 Å². The highest BCUT2D eigenvalue weighted by molar-refractivity contribution is 6.16. The molecule has 7 nitrogen and oxygen atoms in total. The normalized spacial score (nSPS) is 14.0. The number of nitrogens with zero attached hydrogens (tertiary/aromatic N) is 2. The van der Waals surface area contributed by atoms with E-state index in [9.17, 15) is 40.7 Å². The fraction of sp³-hybridized carbons (Fsp3) is 0.360. The summed E-state index contributed by atoms with van der Waals surface area (Å²) in [6, 6.07) is 13.2. The van der Waals surface area contributed by atoms with Crippen molar-refractivity contribution < 1.29 is 45.5 Å². The number of hydrogen-bond acceptors (Lipinski definition) is 4. The Hall–Kier alpha value is -3.74. The molecule has 1 N–H and O–H groups in total. The van der Waals surface area contributed by atoms with Gasteiger partial charge in [0, 0.05) is 30.5 Å². The third-order valence-electron chi connectivity index (χ3n) is 5.47. The van der Waals surface area contributed by atoms with Crippen molar-refractivity contribution in [3.63, 3.8) is 0 Å². The van der Waals surface area contributed by atoms with Crippen molar-refractivity contribution in [2.45, 2.75) is 31.6 Å².